The highest BCUT2D eigenvalue weighted by Crippen LogP contribution is 2.53. The van der Waals surface area contributed by atoms with Gasteiger partial charge < -0.3 is 39.6 Å². The van der Waals surface area contributed by atoms with Gasteiger partial charge in [0.05, 0.1) is 54.8 Å². The van der Waals surface area contributed by atoms with Gasteiger partial charge in [-0.3, -0.25) is 24.2 Å². The molecule has 0 saturated carbocycles. The summed E-state index contributed by atoms with van der Waals surface area (Å²) in [6, 6.07) is 9.45. The zero-order chi connectivity index (χ0) is 40.8. The summed E-state index contributed by atoms with van der Waals surface area (Å²) in [6.07, 6.45) is 8.65. The quantitative estimate of drug-likeness (QED) is 0.195. The lowest BCUT2D eigenvalue weighted by molar-refractivity contribution is -0.148. The summed E-state index contributed by atoms with van der Waals surface area (Å²) in [4.78, 5) is 70.7. The lowest BCUT2D eigenvalue weighted by atomic mass is 9.90. The molecule has 3 N–H and O–H groups in total. The zero-order valence-electron chi connectivity index (χ0n) is 33.9. The van der Waals surface area contributed by atoms with E-state index in [9.17, 15) is 24.3 Å². The van der Waals surface area contributed by atoms with E-state index in [1.165, 1.54) is 12.7 Å². The van der Waals surface area contributed by atoms with Crippen molar-refractivity contribution in [2.24, 2.45) is 22.7 Å². The molecule has 5 aliphatic rings. The number of carbonyl (C=O) groups is 4. The van der Waals surface area contributed by atoms with Crippen LogP contribution in [0.4, 0.5) is 11.4 Å². The van der Waals surface area contributed by atoms with E-state index < -0.39 is 24.5 Å². The van der Waals surface area contributed by atoms with Crippen molar-refractivity contribution in [1.29, 1.82) is 0 Å². The van der Waals surface area contributed by atoms with Crippen LogP contribution in [0.2, 0.25) is 0 Å². The maximum atomic E-state index is 13.7. The third-order valence-corrected chi connectivity index (χ3v) is 12.4. The molecule has 14 nitrogen and oxygen atoms in total. The zero-order valence-corrected chi connectivity index (χ0v) is 33.9. The van der Waals surface area contributed by atoms with Crippen LogP contribution in [0.5, 0.6) is 11.5 Å². The number of aliphatic hydroxyl groups excluding tert-OH is 1. The van der Waals surface area contributed by atoms with E-state index in [4.69, 9.17) is 19.5 Å². The molecule has 3 amide bonds. The molecular weight excluding hydrogens is 739 g/mol. The number of nitrogens with one attached hydrogen (secondary N) is 2. The largest absolute Gasteiger partial charge is 0.469 e. The summed E-state index contributed by atoms with van der Waals surface area (Å²) >= 11 is 0. The molecule has 0 radical (unpaired) electrons. The first-order valence-electron chi connectivity index (χ1n) is 20.6. The number of benzene rings is 2. The minimum Gasteiger partial charge on any atom is -0.469 e. The van der Waals surface area contributed by atoms with Gasteiger partial charge in [0.15, 0.2) is 11.5 Å². The molecule has 1 aromatic heterocycles. The van der Waals surface area contributed by atoms with Crippen molar-refractivity contribution >= 4 is 46.4 Å². The van der Waals surface area contributed by atoms with Crippen molar-refractivity contribution in [2.75, 3.05) is 38.3 Å². The smallest absolute Gasteiger partial charge is 0.306 e. The van der Waals surface area contributed by atoms with Crippen LogP contribution in [-0.2, 0) is 30.3 Å². The van der Waals surface area contributed by atoms with Gasteiger partial charge in [-0.15, -0.1) is 0 Å². The van der Waals surface area contributed by atoms with Crippen molar-refractivity contribution < 1.29 is 33.8 Å². The number of ether oxygens (including phenoxy) is 2. The standard InChI is InChI=1S/C44H53N7O7/c1-24(2)30(20-39(54)57-5)43(55)50-13-6-8-33(50)31-17-29(21-45-31)26-10-11-36-35(18-26)49-15-12-27-16-28(19-37(58-36)41(27)49)32-22-46-42(47-32)34-9-7-14-51(34)44(56)40(25(3)4)48-38(53)23-52/h10-11,16,18-19,21-22,24-25,30,33-34,40,52H,6-9,12-15,17,20,23H2,1-5H3,(H,46,47)(H,48,53)/t30-,33-,34-,40-/m0/s1. The number of allylic oxidation sites excluding steroid dienone is 1. The number of fused-ring (bicyclic) bond motifs is 2. The van der Waals surface area contributed by atoms with Gasteiger partial charge in [0, 0.05) is 43.5 Å². The van der Waals surface area contributed by atoms with E-state index in [0.717, 1.165) is 89.6 Å². The topological polar surface area (TPSA) is 170 Å². The number of amides is 3. The highest BCUT2D eigenvalue weighted by molar-refractivity contribution is 6.04. The molecule has 2 saturated heterocycles. The first kappa shape index (κ1) is 39.3. The van der Waals surface area contributed by atoms with Crippen LogP contribution in [0.3, 0.4) is 0 Å². The maximum absolute atomic E-state index is 13.7. The molecule has 2 aromatic carbocycles. The SMILES string of the molecule is COC(=O)C[C@H](C(=O)N1CCC[C@H]1C1=NC=C(c2ccc3c(c2)N2CCc4cc(-c5cnc([C@@H]6CCCN6C(=O)[C@@H](NC(=O)CO)C(C)C)[nH]5)cc(c42)O3)C1)C(C)C. The second kappa shape index (κ2) is 16.0. The molecule has 3 aromatic rings. The van der Waals surface area contributed by atoms with Gasteiger partial charge in [-0.05, 0) is 84.9 Å². The highest BCUT2D eigenvalue weighted by Gasteiger charge is 2.40. The Kier molecular flexibility index (Phi) is 10.9. The van der Waals surface area contributed by atoms with Crippen molar-refractivity contribution in [2.45, 2.75) is 90.8 Å². The molecule has 0 spiro atoms. The number of carbonyl (C=O) groups excluding carboxylic acids is 4. The number of hydrogen-bond acceptors (Lipinski definition) is 10. The number of rotatable bonds is 12. The van der Waals surface area contributed by atoms with Crippen LogP contribution in [-0.4, -0.2) is 99.7 Å². The number of likely N-dealkylation sites (tertiary alicyclic amines) is 2. The number of imidazole rings is 1. The maximum Gasteiger partial charge on any atom is 0.306 e. The van der Waals surface area contributed by atoms with Crippen LogP contribution in [0, 0.1) is 17.8 Å². The van der Waals surface area contributed by atoms with Gasteiger partial charge in [0.1, 0.15) is 18.5 Å². The number of hydrogen-bond donors (Lipinski definition) is 3. The van der Waals surface area contributed by atoms with Crippen molar-refractivity contribution in [3.8, 4) is 22.8 Å². The lowest BCUT2D eigenvalue weighted by Gasteiger charge is -2.31. The Hall–Kier alpha value is -5.50. The summed E-state index contributed by atoms with van der Waals surface area (Å²) in [5.74, 6) is 0.585. The first-order chi connectivity index (χ1) is 27.9. The van der Waals surface area contributed by atoms with E-state index in [1.54, 1.807) is 4.90 Å². The monoisotopic (exact) mass is 791 g/mol. The van der Waals surface area contributed by atoms with Gasteiger partial charge in [-0.25, -0.2) is 4.98 Å². The predicted octanol–water partition coefficient (Wildman–Crippen LogP) is 5.69. The number of aliphatic hydroxyl groups is 1. The molecule has 6 heterocycles. The minimum atomic E-state index is -0.733. The molecule has 14 heteroatoms. The summed E-state index contributed by atoms with van der Waals surface area (Å²) in [5, 5.41) is 12.0. The van der Waals surface area contributed by atoms with Crippen molar-refractivity contribution in [3.63, 3.8) is 0 Å². The van der Waals surface area contributed by atoms with Gasteiger partial charge in [0.2, 0.25) is 17.7 Å². The number of anilines is 2. The van der Waals surface area contributed by atoms with Crippen molar-refractivity contribution in [1.82, 2.24) is 25.1 Å². The third kappa shape index (κ3) is 7.27. The Balaban J connectivity index is 0.963. The second-order valence-corrected chi connectivity index (χ2v) is 16.8. The number of aliphatic imine (C=N–C) groups is 1. The molecule has 5 aliphatic heterocycles. The van der Waals surface area contributed by atoms with Gasteiger partial charge in [-0.2, -0.15) is 0 Å². The summed E-state index contributed by atoms with van der Waals surface area (Å²) < 4.78 is 11.5. The second-order valence-electron chi connectivity index (χ2n) is 16.8. The van der Waals surface area contributed by atoms with E-state index in [-0.39, 0.29) is 48.1 Å². The summed E-state index contributed by atoms with van der Waals surface area (Å²) in [5.41, 5.74) is 8.19. The predicted molar refractivity (Wildman–Crippen MR) is 219 cm³/mol. The van der Waals surface area contributed by atoms with E-state index in [1.807, 2.05) is 57.1 Å². The molecular formula is C44H53N7O7. The Morgan fingerprint density at radius 2 is 1.71 bits per heavy atom. The molecule has 8 rings (SSSR count). The Bertz CT molecular complexity index is 2190. The van der Waals surface area contributed by atoms with Crippen LogP contribution in [0.15, 0.2) is 47.7 Å². The summed E-state index contributed by atoms with van der Waals surface area (Å²) in [7, 11) is 1.36. The fourth-order valence-corrected chi connectivity index (χ4v) is 9.28. The van der Waals surface area contributed by atoms with Crippen LogP contribution >= 0.6 is 0 Å². The fourth-order valence-electron chi connectivity index (χ4n) is 9.28. The van der Waals surface area contributed by atoms with Crippen LogP contribution in [0.1, 0.15) is 89.2 Å². The number of methoxy groups -OCH3 is 1. The highest BCUT2D eigenvalue weighted by atomic mass is 16.5. The Morgan fingerprint density at radius 3 is 2.43 bits per heavy atom. The molecule has 0 unspecified atom stereocenters. The number of nitrogens with zero attached hydrogens (tertiary/aromatic N) is 5. The fraction of sp³-hybridized carbons (Fsp3) is 0.500. The van der Waals surface area contributed by atoms with Crippen LogP contribution in [0.25, 0.3) is 16.8 Å². The number of esters is 1. The molecule has 0 aliphatic carbocycles. The Labute approximate surface area is 338 Å². The average molecular weight is 792 g/mol. The van der Waals surface area contributed by atoms with Gasteiger partial charge in [0.25, 0.3) is 0 Å². The molecule has 0 bridgehead atoms. The van der Waals surface area contributed by atoms with Crippen LogP contribution < -0.4 is 15.0 Å². The van der Waals surface area contributed by atoms with Gasteiger partial charge in [-0.1, -0.05) is 33.8 Å². The minimum absolute atomic E-state index is 0.0000277. The van der Waals surface area contributed by atoms with Gasteiger partial charge >= 0.3 is 5.97 Å². The normalized spacial score (nSPS) is 20.4. The average Bonchev–Trinajstić information content (AvgIpc) is 4.07. The molecule has 58 heavy (non-hydrogen) atoms. The summed E-state index contributed by atoms with van der Waals surface area (Å²) in [6.45, 7) is 9.08. The number of H-pyrrole nitrogens is 1. The third-order valence-electron chi connectivity index (χ3n) is 12.4. The van der Waals surface area contributed by atoms with Crippen molar-refractivity contribution in [3.05, 3.63) is 59.7 Å². The number of aromatic amines is 1. The molecule has 306 valence electrons. The Morgan fingerprint density at radius 1 is 0.948 bits per heavy atom. The molecule has 4 atom stereocenters. The first-order valence-corrected chi connectivity index (χ1v) is 20.6. The van der Waals surface area contributed by atoms with E-state index in [2.05, 4.69) is 33.4 Å². The van der Waals surface area contributed by atoms with E-state index >= 15 is 0 Å². The molecule has 2 fully saturated rings. The lowest BCUT2D eigenvalue weighted by Crippen LogP contribution is -2.51. The number of aromatic nitrogens is 2. The van der Waals surface area contributed by atoms with E-state index in [0.29, 0.717) is 25.3 Å².